The second-order valence-electron chi connectivity index (χ2n) is 4.37. The zero-order valence-electron chi connectivity index (χ0n) is 9.45. The van der Waals surface area contributed by atoms with Crippen LogP contribution >= 0.6 is 43.2 Å². The van der Waals surface area contributed by atoms with Gasteiger partial charge in [0.25, 0.3) is 0 Å². The summed E-state index contributed by atoms with van der Waals surface area (Å²) in [5, 5.41) is -0.267. The SMILES string of the molecule is Cc1sc(Br)cc1C(Br)C1CCCCS1(=O)=O. The van der Waals surface area contributed by atoms with E-state index in [1.165, 1.54) is 4.88 Å². The molecule has 2 rings (SSSR count). The van der Waals surface area contributed by atoms with E-state index in [1.54, 1.807) is 11.3 Å². The van der Waals surface area contributed by atoms with Crippen LogP contribution in [0.2, 0.25) is 0 Å². The predicted molar refractivity (Wildman–Crippen MR) is 79.8 cm³/mol. The van der Waals surface area contributed by atoms with E-state index in [4.69, 9.17) is 0 Å². The molecule has 2 nitrogen and oxygen atoms in total. The van der Waals surface area contributed by atoms with Crippen molar-refractivity contribution in [1.29, 1.82) is 0 Å². The summed E-state index contributed by atoms with van der Waals surface area (Å²) in [6.07, 6.45) is 2.59. The van der Waals surface area contributed by atoms with E-state index in [1.807, 2.05) is 13.0 Å². The molecule has 1 aliphatic heterocycles. The maximum absolute atomic E-state index is 12.1. The first kappa shape index (κ1) is 14.0. The summed E-state index contributed by atoms with van der Waals surface area (Å²) in [6.45, 7) is 2.04. The highest BCUT2D eigenvalue weighted by Crippen LogP contribution is 2.41. The summed E-state index contributed by atoms with van der Waals surface area (Å²) in [5.74, 6) is 0.337. The number of thiophene rings is 1. The Morgan fingerprint density at radius 2 is 2.18 bits per heavy atom. The van der Waals surface area contributed by atoms with Crippen LogP contribution in [0.15, 0.2) is 9.85 Å². The van der Waals surface area contributed by atoms with Crippen LogP contribution in [0.5, 0.6) is 0 Å². The third kappa shape index (κ3) is 2.96. The van der Waals surface area contributed by atoms with E-state index < -0.39 is 9.84 Å². The van der Waals surface area contributed by atoms with Crippen LogP contribution in [0.4, 0.5) is 0 Å². The van der Waals surface area contributed by atoms with Crippen molar-refractivity contribution in [3.8, 4) is 0 Å². The van der Waals surface area contributed by atoms with E-state index in [9.17, 15) is 8.42 Å². The number of halogens is 2. The molecule has 0 aromatic carbocycles. The molecule has 2 atom stereocenters. The van der Waals surface area contributed by atoms with Crippen LogP contribution in [0.25, 0.3) is 0 Å². The lowest BCUT2D eigenvalue weighted by Crippen LogP contribution is -2.31. The molecule has 0 saturated carbocycles. The van der Waals surface area contributed by atoms with Crippen LogP contribution in [-0.4, -0.2) is 19.4 Å². The Kier molecular flexibility index (Phi) is 4.38. The monoisotopic (exact) mass is 400 g/mol. The molecule has 1 aliphatic rings. The first-order valence-electron chi connectivity index (χ1n) is 5.53. The number of hydrogen-bond donors (Lipinski definition) is 0. The number of aryl methyl sites for hydroxylation is 1. The second kappa shape index (κ2) is 5.31. The van der Waals surface area contributed by atoms with Gasteiger partial charge in [0.05, 0.1) is 19.6 Å². The van der Waals surface area contributed by atoms with Crippen LogP contribution < -0.4 is 0 Å². The molecule has 0 bridgehead atoms. The lowest BCUT2D eigenvalue weighted by Gasteiger charge is -2.26. The lowest BCUT2D eigenvalue weighted by atomic mass is 10.1. The molecule has 1 fully saturated rings. The molecule has 0 radical (unpaired) electrons. The average molecular weight is 402 g/mol. The molecule has 0 amide bonds. The molecule has 1 saturated heterocycles. The molecule has 1 aromatic rings. The van der Waals surface area contributed by atoms with Gasteiger partial charge in [0.15, 0.2) is 9.84 Å². The predicted octanol–water partition coefficient (Wildman–Crippen LogP) is 4.22. The normalized spacial score (nSPS) is 25.7. The fourth-order valence-corrected chi connectivity index (χ4v) is 7.82. The molecular formula is C11H14Br2O2S2. The standard InChI is InChI=1S/C11H14Br2O2S2/c1-7-8(6-10(12)16-7)11(13)9-4-2-3-5-17(9,14)15/h6,9,11H,2-5H2,1H3. The maximum Gasteiger partial charge on any atom is 0.154 e. The van der Waals surface area contributed by atoms with Gasteiger partial charge in [0, 0.05) is 4.88 Å². The van der Waals surface area contributed by atoms with Crippen molar-refractivity contribution in [2.45, 2.75) is 36.3 Å². The highest BCUT2D eigenvalue weighted by atomic mass is 79.9. The number of alkyl halides is 1. The third-order valence-electron chi connectivity index (χ3n) is 3.18. The van der Waals surface area contributed by atoms with Gasteiger partial charge in [0.2, 0.25) is 0 Å². The van der Waals surface area contributed by atoms with Gasteiger partial charge in [-0.1, -0.05) is 22.4 Å². The minimum atomic E-state index is -2.94. The quantitative estimate of drug-likeness (QED) is 0.695. The van der Waals surface area contributed by atoms with Crippen LogP contribution in [-0.2, 0) is 9.84 Å². The Hall–Kier alpha value is 0.610. The molecule has 2 heterocycles. The Morgan fingerprint density at radius 3 is 2.71 bits per heavy atom. The Balaban J connectivity index is 2.31. The molecule has 1 aromatic heterocycles. The Labute approximate surface area is 123 Å². The third-order valence-corrected chi connectivity index (χ3v) is 8.52. The van der Waals surface area contributed by atoms with Crippen molar-refractivity contribution in [2.24, 2.45) is 0 Å². The fraction of sp³-hybridized carbons (Fsp3) is 0.636. The topological polar surface area (TPSA) is 34.1 Å². The van der Waals surface area contributed by atoms with Crippen molar-refractivity contribution in [2.75, 3.05) is 5.75 Å². The lowest BCUT2D eigenvalue weighted by molar-refractivity contribution is 0.537. The summed E-state index contributed by atoms with van der Waals surface area (Å²) in [4.78, 5) is 1.11. The summed E-state index contributed by atoms with van der Waals surface area (Å²) >= 11 is 8.70. The largest absolute Gasteiger partial charge is 0.228 e. The van der Waals surface area contributed by atoms with Gasteiger partial charge < -0.3 is 0 Å². The van der Waals surface area contributed by atoms with E-state index in [2.05, 4.69) is 31.9 Å². The van der Waals surface area contributed by atoms with Crippen LogP contribution in [0, 0.1) is 6.92 Å². The van der Waals surface area contributed by atoms with Gasteiger partial charge in [-0.05, 0) is 47.3 Å². The van der Waals surface area contributed by atoms with Crippen molar-refractivity contribution in [1.82, 2.24) is 0 Å². The Bertz CT molecular complexity index is 508. The van der Waals surface area contributed by atoms with E-state index in [-0.39, 0.29) is 10.1 Å². The minimum absolute atomic E-state index is 0.0738. The van der Waals surface area contributed by atoms with E-state index >= 15 is 0 Å². The summed E-state index contributed by atoms with van der Waals surface area (Å²) in [6, 6.07) is 2.03. The molecule has 0 N–H and O–H groups in total. The smallest absolute Gasteiger partial charge is 0.154 e. The molecule has 2 unspecified atom stereocenters. The van der Waals surface area contributed by atoms with Gasteiger partial charge in [-0.3, -0.25) is 0 Å². The number of hydrogen-bond acceptors (Lipinski definition) is 3. The molecule has 0 spiro atoms. The van der Waals surface area contributed by atoms with Gasteiger partial charge in [-0.25, -0.2) is 8.42 Å². The van der Waals surface area contributed by atoms with Gasteiger partial charge in [-0.2, -0.15) is 0 Å². The van der Waals surface area contributed by atoms with Gasteiger partial charge >= 0.3 is 0 Å². The first-order valence-corrected chi connectivity index (χ1v) is 9.77. The zero-order chi connectivity index (χ0) is 12.6. The van der Waals surface area contributed by atoms with Crippen molar-refractivity contribution < 1.29 is 8.42 Å². The zero-order valence-corrected chi connectivity index (χ0v) is 14.3. The molecule has 0 aliphatic carbocycles. The summed E-state index contributed by atoms with van der Waals surface area (Å²) in [5.41, 5.74) is 1.11. The highest BCUT2D eigenvalue weighted by Gasteiger charge is 2.36. The molecule has 6 heteroatoms. The van der Waals surface area contributed by atoms with Crippen molar-refractivity contribution >= 4 is 53.0 Å². The number of rotatable bonds is 2. The Morgan fingerprint density at radius 1 is 1.47 bits per heavy atom. The highest BCUT2D eigenvalue weighted by molar-refractivity contribution is 9.11. The van der Waals surface area contributed by atoms with Crippen LogP contribution in [0.1, 0.15) is 34.5 Å². The fourth-order valence-electron chi connectivity index (χ4n) is 2.24. The number of sulfone groups is 1. The summed E-state index contributed by atoms with van der Waals surface area (Å²) in [7, 11) is -2.94. The van der Waals surface area contributed by atoms with E-state index in [0.29, 0.717) is 5.75 Å². The first-order chi connectivity index (χ1) is 7.92. The average Bonchev–Trinajstić information content (AvgIpc) is 2.56. The minimum Gasteiger partial charge on any atom is -0.228 e. The van der Waals surface area contributed by atoms with Gasteiger partial charge in [-0.15, -0.1) is 11.3 Å². The second-order valence-corrected chi connectivity index (χ2v) is 10.3. The summed E-state index contributed by atoms with van der Waals surface area (Å²) < 4.78 is 25.2. The van der Waals surface area contributed by atoms with Crippen molar-refractivity contribution in [3.63, 3.8) is 0 Å². The molecular weight excluding hydrogens is 388 g/mol. The molecule has 96 valence electrons. The van der Waals surface area contributed by atoms with Gasteiger partial charge in [0.1, 0.15) is 0 Å². The van der Waals surface area contributed by atoms with E-state index in [0.717, 1.165) is 28.6 Å². The molecule has 17 heavy (non-hydrogen) atoms. The maximum atomic E-state index is 12.1. The van der Waals surface area contributed by atoms with Crippen LogP contribution in [0.3, 0.4) is 0 Å². The van der Waals surface area contributed by atoms with Crippen molar-refractivity contribution in [3.05, 3.63) is 20.3 Å².